The highest BCUT2D eigenvalue weighted by atomic mass is 35.5. The maximum Gasteiger partial charge on any atom is 0.303 e. The molecule has 3 atom stereocenters. The Morgan fingerprint density at radius 1 is 1.10 bits per heavy atom. The third kappa shape index (κ3) is 5.82. The summed E-state index contributed by atoms with van der Waals surface area (Å²) in [6.07, 6.45) is 5.25. The molecule has 1 heterocycles. The first kappa shape index (κ1) is 21.4. The molecule has 0 radical (unpaired) electrons. The van der Waals surface area contributed by atoms with E-state index < -0.39 is 12.3 Å². The second-order valence-electron chi connectivity index (χ2n) is 7.06. The summed E-state index contributed by atoms with van der Waals surface area (Å²) in [4.78, 5) is 10.6. The number of carboxylic acid groups (broad SMARTS) is 1. The lowest BCUT2D eigenvalue weighted by Gasteiger charge is -2.37. The molecule has 0 spiro atoms. The van der Waals surface area contributed by atoms with Crippen LogP contribution < -0.4 is 0 Å². The molecule has 2 N–H and O–H groups in total. The molecule has 6 heteroatoms. The number of carbonyl (C=O) groups is 1. The summed E-state index contributed by atoms with van der Waals surface area (Å²) in [6.45, 7) is 0.453. The molecule has 2 aromatic rings. The van der Waals surface area contributed by atoms with Gasteiger partial charge in [-0.1, -0.05) is 60.2 Å². The van der Waals surface area contributed by atoms with Crippen molar-refractivity contribution < 1.29 is 24.5 Å². The van der Waals surface area contributed by atoms with Crippen LogP contribution in [0.1, 0.15) is 49.2 Å². The number of allylic oxidation sites excluding steroid dienone is 2. The van der Waals surface area contributed by atoms with Crippen molar-refractivity contribution in [2.24, 2.45) is 5.92 Å². The van der Waals surface area contributed by atoms with Gasteiger partial charge in [0.25, 0.3) is 0 Å². The molecule has 1 saturated heterocycles. The highest BCUT2D eigenvalue weighted by molar-refractivity contribution is 6.31. The Bertz CT molecular complexity index is 851. The molecule has 154 valence electrons. The number of hydrogen-bond acceptors (Lipinski definition) is 4. The van der Waals surface area contributed by atoms with Crippen LogP contribution in [0.5, 0.6) is 5.75 Å². The molecule has 3 rings (SSSR count). The van der Waals surface area contributed by atoms with Crippen molar-refractivity contribution in [2.45, 2.75) is 38.1 Å². The molecular formula is C23H25ClO5. The van der Waals surface area contributed by atoms with Crippen LogP contribution in [0, 0.1) is 5.92 Å². The van der Waals surface area contributed by atoms with Gasteiger partial charge in [0.2, 0.25) is 0 Å². The number of para-hydroxylation sites is 1. The fraction of sp³-hybridized carbons (Fsp3) is 0.348. The molecule has 0 amide bonds. The zero-order valence-electron chi connectivity index (χ0n) is 16.0. The van der Waals surface area contributed by atoms with Crippen molar-refractivity contribution in [2.75, 3.05) is 6.61 Å². The lowest BCUT2D eigenvalue weighted by molar-refractivity contribution is -0.244. The number of aliphatic carboxylic acids is 1. The fourth-order valence-electron chi connectivity index (χ4n) is 3.42. The Hall–Kier alpha value is -2.34. The maximum atomic E-state index is 10.6. The SMILES string of the molecule is O=C(O)CCC/C=C\C[C@@H]1CO[C@H](c2ccccc2Cl)O[C@@H]1c1ccccc1O. The van der Waals surface area contributed by atoms with E-state index in [1.54, 1.807) is 18.2 Å². The standard InChI is InChI=1S/C23H25ClO5/c24-19-12-7-5-10-17(19)23-28-15-16(9-3-1-2-4-14-21(26)27)22(29-23)18-11-6-8-13-20(18)25/h1,3,5-8,10-13,16,22-23,25H,2,4,9,14-15H2,(H,26,27)/b3-1-/t16-,22+,23+/m1/s1. The average molecular weight is 417 g/mol. The van der Waals surface area contributed by atoms with E-state index in [4.69, 9.17) is 26.2 Å². The predicted octanol–water partition coefficient (Wildman–Crippen LogP) is 5.65. The van der Waals surface area contributed by atoms with Crippen molar-refractivity contribution >= 4 is 17.6 Å². The van der Waals surface area contributed by atoms with Crippen LogP contribution in [0.3, 0.4) is 0 Å². The number of ether oxygens (including phenoxy) is 2. The second kappa shape index (κ2) is 10.4. The van der Waals surface area contributed by atoms with E-state index in [2.05, 4.69) is 0 Å². The van der Waals surface area contributed by atoms with Gasteiger partial charge in [-0.2, -0.15) is 0 Å². The molecule has 2 aromatic carbocycles. The van der Waals surface area contributed by atoms with Gasteiger partial charge < -0.3 is 19.7 Å². The zero-order valence-corrected chi connectivity index (χ0v) is 16.8. The van der Waals surface area contributed by atoms with Crippen molar-refractivity contribution in [3.05, 3.63) is 76.8 Å². The van der Waals surface area contributed by atoms with Gasteiger partial charge in [0.15, 0.2) is 6.29 Å². The quantitative estimate of drug-likeness (QED) is 0.429. The molecule has 29 heavy (non-hydrogen) atoms. The Labute approximate surface area is 175 Å². The van der Waals surface area contributed by atoms with Crippen LogP contribution in [0.25, 0.3) is 0 Å². The Morgan fingerprint density at radius 3 is 2.55 bits per heavy atom. The summed E-state index contributed by atoms with van der Waals surface area (Å²) in [6, 6.07) is 14.6. The molecule has 0 unspecified atom stereocenters. The van der Waals surface area contributed by atoms with Crippen molar-refractivity contribution in [1.82, 2.24) is 0 Å². The van der Waals surface area contributed by atoms with Gasteiger partial charge in [-0.05, 0) is 31.4 Å². The van der Waals surface area contributed by atoms with E-state index in [0.29, 0.717) is 30.9 Å². The van der Waals surface area contributed by atoms with Crippen LogP contribution in [0.2, 0.25) is 5.02 Å². The van der Waals surface area contributed by atoms with Crippen LogP contribution in [0.4, 0.5) is 0 Å². The maximum absolute atomic E-state index is 10.6. The highest BCUT2D eigenvalue weighted by Gasteiger charge is 2.35. The van der Waals surface area contributed by atoms with Crippen LogP contribution in [-0.4, -0.2) is 22.8 Å². The molecule has 1 aliphatic heterocycles. The van der Waals surface area contributed by atoms with E-state index in [9.17, 15) is 9.90 Å². The van der Waals surface area contributed by atoms with Crippen molar-refractivity contribution in [3.8, 4) is 5.75 Å². The van der Waals surface area contributed by atoms with Gasteiger partial charge in [0.05, 0.1) is 12.7 Å². The van der Waals surface area contributed by atoms with E-state index >= 15 is 0 Å². The van der Waals surface area contributed by atoms with Crippen LogP contribution in [-0.2, 0) is 14.3 Å². The molecular weight excluding hydrogens is 392 g/mol. The molecule has 5 nitrogen and oxygen atoms in total. The zero-order chi connectivity index (χ0) is 20.6. The van der Waals surface area contributed by atoms with E-state index in [0.717, 1.165) is 11.1 Å². The lowest BCUT2D eigenvalue weighted by Crippen LogP contribution is -2.30. The molecule has 0 aromatic heterocycles. The van der Waals surface area contributed by atoms with Gasteiger partial charge in [0.1, 0.15) is 5.75 Å². The van der Waals surface area contributed by atoms with E-state index in [1.807, 2.05) is 42.5 Å². The third-order valence-electron chi connectivity index (χ3n) is 4.93. The molecule has 0 aliphatic carbocycles. The Balaban J connectivity index is 1.72. The monoisotopic (exact) mass is 416 g/mol. The number of unbranched alkanes of at least 4 members (excludes halogenated alkanes) is 1. The first-order chi connectivity index (χ1) is 14.1. The van der Waals surface area contributed by atoms with Gasteiger partial charge in [-0.25, -0.2) is 0 Å². The first-order valence-corrected chi connectivity index (χ1v) is 10.1. The fourth-order valence-corrected chi connectivity index (χ4v) is 3.64. The minimum Gasteiger partial charge on any atom is -0.508 e. The summed E-state index contributed by atoms with van der Waals surface area (Å²) in [5.74, 6) is -0.580. The Morgan fingerprint density at radius 2 is 1.83 bits per heavy atom. The number of halogens is 1. The lowest BCUT2D eigenvalue weighted by atomic mass is 9.91. The largest absolute Gasteiger partial charge is 0.508 e. The van der Waals surface area contributed by atoms with Gasteiger partial charge in [0, 0.05) is 28.5 Å². The number of phenols is 1. The number of benzene rings is 2. The first-order valence-electron chi connectivity index (χ1n) is 9.72. The molecule has 0 bridgehead atoms. The molecule has 1 aliphatic rings. The second-order valence-corrected chi connectivity index (χ2v) is 7.46. The van der Waals surface area contributed by atoms with E-state index in [1.165, 1.54) is 0 Å². The molecule has 1 fully saturated rings. The van der Waals surface area contributed by atoms with Crippen molar-refractivity contribution in [1.29, 1.82) is 0 Å². The summed E-state index contributed by atoms with van der Waals surface area (Å²) >= 11 is 6.31. The third-order valence-corrected chi connectivity index (χ3v) is 5.27. The number of hydrogen-bond donors (Lipinski definition) is 2. The summed E-state index contributed by atoms with van der Waals surface area (Å²) < 4.78 is 12.2. The number of carboxylic acids is 1. The summed E-state index contributed by atoms with van der Waals surface area (Å²) in [5.41, 5.74) is 1.48. The summed E-state index contributed by atoms with van der Waals surface area (Å²) in [5, 5.41) is 19.6. The van der Waals surface area contributed by atoms with Gasteiger partial charge >= 0.3 is 5.97 Å². The number of phenolic OH excluding ortho intramolecular Hbond substituents is 1. The number of rotatable bonds is 8. The van der Waals surface area contributed by atoms with Crippen LogP contribution in [0.15, 0.2) is 60.7 Å². The minimum absolute atomic E-state index is 0.0118. The van der Waals surface area contributed by atoms with Crippen LogP contribution >= 0.6 is 11.6 Å². The average Bonchev–Trinajstić information content (AvgIpc) is 2.71. The molecule has 0 saturated carbocycles. The predicted molar refractivity (Wildman–Crippen MR) is 111 cm³/mol. The van der Waals surface area contributed by atoms with Gasteiger partial charge in [-0.3, -0.25) is 4.79 Å². The van der Waals surface area contributed by atoms with E-state index in [-0.39, 0.29) is 24.2 Å². The topological polar surface area (TPSA) is 76.0 Å². The van der Waals surface area contributed by atoms with Gasteiger partial charge in [-0.15, -0.1) is 0 Å². The Kier molecular flexibility index (Phi) is 7.69. The van der Waals surface area contributed by atoms with Crippen molar-refractivity contribution in [3.63, 3.8) is 0 Å². The summed E-state index contributed by atoms with van der Waals surface area (Å²) in [7, 11) is 0. The number of aromatic hydroxyl groups is 1. The normalized spacial score (nSPS) is 22.0. The minimum atomic E-state index is -0.780. The highest BCUT2D eigenvalue weighted by Crippen LogP contribution is 2.43. The smallest absolute Gasteiger partial charge is 0.303 e.